The third-order valence-electron chi connectivity index (χ3n) is 4.33. The van der Waals surface area contributed by atoms with Crippen molar-refractivity contribution >= 4 is 0 Å². The molecule has 0 amide bonds. The van der Waals surface area contributed by atoms with Gasteiger partial charge in [-0.15, -0.1) is 0 Å². The molecule has 0 saturated carbocycles. The third-order valence-corrected chi connectivity index (χ3v) is 4.33. The van der Waals surface area contributed by atoms with Crippen molar-refractivity contribution in [1.82, 2.24) is 15.1 Å². The second-order valence-corrected chi connectivity index (χ2v) is 5.79. The Labute approximate surface area is 127 Å². The van der Waals surface area contributed by atoms with Gasteiger partial charge in [-0.3, -0.25) is 5.10 Å². The molecule has 2 aromatic rings. The van der Waals surface area contributed by atoms with Crippen molar-refractivity contribution in [2.45, 2.75) is 24.9 Å². The molecule has 118 valence electrons. The van der Waals surface area contributed by atoms with Crippen LogP contribution in [0.3, 0.4) is 0 Å². The van der Waals surface area contributed by atoms with Crippen LogP contribution in [0, 0.1) is 11.6 Å². The average Bonchev–Trinajstić information content (AvgIpc) is 3.05. The first-order valence-electron chi connectivity index (χ1n) is 7.47. The number of β-amino-alcohol motifs (C(OH)–C–C–N with tert-alkyl or cyclic N) is 1. The predicted molar refractivity (Wildman–Crippen MR) is 78.3 cm³/mol. The fraction of sp³-hybridized carbons (Fsp3) is 0.438. The second-order valence-electron chi connectivity index (χ2n) is 5.79. The molecule has 0 unspecified atom stereocenters. The van der Waals surface area contributed by atoms with Gasteiger partial charge in [0.25, 0.3) is 0 Å². The number of hydrogen-bond acceptors (Lipinski definition) is 3. The van der Waals surface area contributed by atoms with E-state index in [0.717, 1.165) is 44.1 Å². The fourth-order valence-electron chi connectivity index (χ4n) is 3.05. The molecule has 0 bridgehead atoms. The molecule has 0 aliphatic carbocycles. The monoisotopic (exact) mass is 307 g/mol. The number of halogens is 2. The van der Waals surface area contributed by atoms with Gasteiger partial charge in [-0.05, 0) is 55.6 Å². The molecule has 0 radical (unpaired) electrons. The molecule has 0 spiro atoms. The molecule has 1 fully saturated rings. The van der Waals surface area contributed by atoms with Gasteiger partial charge in [0, 0.05) is 18.3 Å². The molecule has 2 N–H and O–H groups in total. The van der Waals surface area contributed by atoms with E-state index in [1.807, 2.05) is 12.4 Å². The summed E-state index contributed by atoms with van der Waals surface area (Å²) >= 11 is 0. The van der Waals surface area contributed by atoms with E-state index >= 15 is 0 Å². The largest absolute Gasteiger partial charge is 0.387 e. The lowest BCUT2D eigenvalue weighted by Crippen LogP contribution is -2.36. The van der Waals surface area contributed by atoms with Crippen molar-refractivity contribution in [2.75, 3.05) is 19.6 Å². The van der Waals surface area contributed by atoms with Gasteiger partial charge < -0.3 is 10.0 Å². The van der Waals surface area contributed by atoms with Crippen LogP contribution in [-0.4, -0.2) is 39.8 Å². The normalized spacial score (nSPS) is 18.5. The zero-order valence-corrected chi connectivity index (χ0v) is 12.2. The van der Waals surface area contributed by atoms with E-state index in [0.29, 0.717) is 12.5 Å². The molecule has 1 saturated heterocycles. The first-order chi connectivity index (χ1) is 10.6. The maximum atomic E-state index is 13.7. The number of aliphatic hydroxyl groups is 1. The SMILES string of the molecule is O[C@@H](CN1CCC(c2cn[nH]c2)CC1)c1cc(F)ccc1F. The van der Waals surface area contributed by atoms with Crippen LogP contribution in [0.25, 0.3) is 0 Å². The van der Waals surface area contributed by atoms with E-state index in [4.69, 9.17) is 0 Å². The number of benzene rings is 1. The molecule has 1 aliphatic heterocycles. The smallest absolute Gasteiger partial charge is 0.129 e. The molecular weight excluding hydrogens is 288 g/mol. The van der Waals surface area contributed by atoms with Gasteiger partial charge in [0.05, 0.1) is 12.3 Å². The molecular formula is C16H19F2N3O. The number of rotatable bonds is 4. The summed E-state index contributed by atoms with van der Waals surface area (Å²) < 4.78 is 26.9. The molecule has 1 aliphatic rings. The van der Waals surface area contributed by atoms with Gasteiger partial charge in [0.1, 0.15) is 11.6 Å². The van der Waals surface area contributed by atoms with Crippen molar-refractivity contribution < 1.29 is 13.9 Å². The molecule has 2 heterocycles. The van der Waals surface area contributed by atoms with Gasteiger partial charge in [0.15, 0.2) is 0 Å². The second kappa shape index (κ2) is 6.54. The highest BCUT2D eigenvalue weighted by Crippen LogP contribution is 2.28. The molecule has 1 aromatic carbocycles. The van der Waals surface area contributed by atoms with Crippen LogP contribution in [0.4, 0.5) is 8.78 Å². The van der Waals surface area contributed by atoms with Gasteiger partial charge in [-0.2, -0.15) is 5.10 Å². The highest BCUT2D eigenvalue weighted by atomic mass is 19.1. The summed E-state index contributed by atoms with van der Waals surface area (Å²) in [4.78, 5) is 2.09. The summed E-state index contributed by atoms with van der Waals surface area (Å²) in [5.41, 5.74) is 1.23. The maximum Gasteiger partial charge on any atom is 0.129 e. The Morgan fingerprint density at radius 3 is 2.77 bits per heavy atom. The number of aromatic amines is 1. The van der Waals surface area contributed by atoms with Crippen molar-refractivity contribution in [1.29, 1.82) is 0 Å². The van der Waals surface area contributed by atoms with E-state index < -0.39 is 17.7 Å². The van der Waals surface area contributed by atoms with Gasteiger partial charge in [-0.25, -0.2) is 8.78 Å². The summed E-state index contributed by atoms with van der Waals surface area (Å²) in [6.45, 7) is 1.96. The van der Waals surface area contributed by atoms with Gasteiger partial charge in [0.2, 0.25) is 0 Å². The number of nitrogens with one attached hydrogen (secondary N) is 1. The van der Waals surface area contributed by atoms with Crippen LogP contribution in [-0.2, 0) is 0 Å². The number of nitrogens with zero attached hydrogens (tertiary/aromatic N) is 2. The van der Waals surface area contributed by atoms with Gasteiger partial charge >= 0.3 is 0 Å². The third kappa shape index (κ3) is 3.34. The van der Waals surface area contributed by atoms with Crippen LogP contribution >= 0.6 is 0 Å². The molecule has 1 atom stereocenters. The Morgan fingerprint density at radius 2 is 2.09 bits per heavy atom. The minimum absolute atomic E-state index is 0.0250. The van der Waals surface area contributed by atoms with Crippen molar-refractivity contribution in [3.05, 3.63) is 53.4 Å². The van der Waals surface area contributed by atoms with Crippen LogP contribution in [0.1, 0.15) is 36.0 Å². The molecule has 1 aromatic heterocycles. The van der Waals surface area contributed by atoms with Crippen LogP contribution in [0.15, 0.2) is 30.6 Å². The van der Waals surface area contributed by atoms with Gasteiger partial charge in [-0.1, -0.05) is 0 Å². The van der Waals surface area contributed by atoms with E-state index in [1.165, 1.54) is 5.56 Å². The van der Waals surface area contributed by atoms with Crippen molar-refractivity contribution in [3.8, 4) is 0 Å². The first kappa shape index (κ1) is 15.1. The summed E-state index contributed by atoms with van der Waals surface area (Å²) in [6, 6.07) is 3.18. The summed E-state index contributed by atoms with van der Waals surface area (Å²) in [5, 5.41) is 17.0. The Kier molecular flexibility index (Phi) is 4.49. The van der Waals surface area contributed by atoms with E-state index in [9.17, 15) is 13.9 Å². The number of aliphatic hydroxyl groups excluding tert-OH is 1. The fourth-order valence-corrected chi connectivity index (χ4v) is 3.05. The standard InChI is InChI=1S/C16H19F2N3O/c17-13-1-2-15(18)14(7-13)16(22)10-21-5-3-11(4-6-21)12-8-19-20-9-12/h1-2,7-9,11,16,22H,3-6,10H2,(H,19,20)/t16-/m0/s1. The summed E-state index contributed by atoms with van der Waals surface area (Å²) in [6.07, 6.45) is 4.69. The molecule has 3 rings (SSSR count). The number of likely N-dealkylation sites (tertiary alicyclic amines) is 1. The Hall–Kier alpha value is -1.79. The van der Waals surface area contributed by atoms with Crippen molar-refractivity contribution in [2.24, 2.45) is 0 Å². The Bertz CT molecular complexity index is 610. The number of H-pyrrole nitrogens is 1. The number of hydrogen-bond donors (Lipinski definition) is 2. The Balaban J connectivity index is 1.57. The molecule has 22 heavy (non-hydrogen) atoms. The average molecular weight is 307 g/mol. The first-order valence-corrected chi connectivity index (χ1v) is 7.47. The number of piperidine rings is 1. The lowest BCUT2D eigenvalue weighted by molar-refractivity contribution is 0.0945. The molecule has 4 nitrogen and oxygen atoms in total. The lowest BCUT2D eigenvalue weighted by atomic mass is 9.91. The quantitative estimate of drug-likeness (QED) is 0.913. The Morgan fingerprint density at radius 1 is 1.32 bits per heavy atom. The highest BCUT2D eigenvalue weighted by molar-refractivity contribution is 5.21. The van der Waals surface area contributed by atoms with E-state index in [1.54, 1.807) is 0 Å². The number of aromatic nitrogens is 2. The minimum Gasteiger partial charge on any atom is -0.387 e. The van der Waals surface area contributed by atoms with Crippen LogP contribution in [0.2, 0.25) is 0 Å². The van der Waals surface area contributed by atoms with Crippen LogP contribution < -0.4 is 0 Å². The summed E-state index contributed by atoms with van der Waals surface area (Å²) in [5.74, 6) is -0.630. The highest BCUT2D eigenvalue weighted by Gasteiger charge is 2.24. The molecule has 6 heteroatoms. The van der Waals surface area contributed by atoms with Crippen LogP contribution in [0.5, 0.6) is 0 Å². The predicted octanol–water partition coefficient (Wildman–Crippen LogP) is 2.60. The topological polar surface area (TPSA) is 52.1 Å². The summed E-state index contributed by atoms with van der Waals surface area (Å²) in [7, 11) is 0. The maximum absolute atomic E-state index is 13.7. The van der Waals surface area contributed by atoms with E-state index in [-0.39, 0.29) is 5.56 Å². The zero-order valence-electron chi connectivity index (χ0n) is 12.2. The van der Waals surface area contributed by atoms with Crippen molar-refractivity contribution in [3.63, 3.8) is 0 Å². The minimum atomic E-state index is -1.01. The lowest BCUT2D eigenvalue weighted by Gasteiger charge is -2.32. The van der Waals surface area contributed by atoms with E-state index in [2.05, 4.69) is 15.1 Å². The zero-order chi connectivity index (χ0) is 15.5.